The fraction of sp³-hybridized carbons (Fsp3) is 0.389. The number of fused-ring (bicyclic) bond motifs is 2. The highest BCUT2D eigenvalue weighted by Crippen LogP contribution is 2.48. The minimum absolute atomic E-state index is 0.0253. The maximum Gasteiger partial charge on any atom is 0.307 e. The summed E-state index contributed by atoms with van der Waals surface area (Å²) in [6, 6.07) is 6.65. The largest absolute Gasteiger partial charge is 0.481 e. The second-order valence-corrected chi connectivity index (χ2v) is 6.27. The summed E-state index contributed by atoms with van der Waals surface area (Å²) >= 11 is 0. The molecule has 2 aliphatic carbocycles. The molecule has 1 saturated carbocycles. The Bertz CT molecular complexity index is 713. The Kier molecular flexibility index (Phi) is 4.38. The Balaban J connectivity index is 1.75. The van der Waals surface area contributed by atoms with E-state index in [9.17, 15) is 19.5 Å². The van der Waals surface area contributed by atoms with Crippen molar-refractivity contribution in [1.82, 2.24) is 5.32 Å². The maximum absolute atomic E-state index is 12.6. The number of benzene rings is 1. The molecule has 3 rings (SSSR count). The molecule has 0 saturated heterocycles. The molecule has 3 N–H and O–H groups in total. The van der Waals surface area contributed by atoms with Crippen LogP contribution in [-0.2, 0) is 9.59 Å². The van der Waals surface area contributed by atoms with Gasteiger partial charge in [-0.25, -0.2) is 0 Å². The van der Waals surface area contributed by atoms with E-state index in [1.807, 2.05) is 19.1 Å². The fourth-order valence-corrected chi connectivity index (χ4v) is 3.74. The molecule has 1 fully saturated rings. The molecule has 1 aromatic rings. The van der Waals surface area contributed by atoms with Gasteiger partial charge in [-0.05, 0) is 43.4 Å². The Morgan fingerprint density at radius 1 is 1.17 bits per heavy atom. The SMILES string of the molecule is CCNC(=O)c1cccc(NC(=O)[C@H]2[C@@H](C(=O)O)[C@H]3C=C[C@H]2C3)c1. The van der Waals surface area contributed by atoms with Gasteiger partial charge in [-0.15, -0.1) is 0 Å². The molecule has 2 aliphatic rings. The normalized spacial score (nSPS) is 27.0. The number of hydrogen-bond acceptors (Lipinski definition) is 3. The molecule has 0 heterocycles. The smallest absolute Gasteiger partial charge is 0.307 e. The lowest BCUT2D eigenvalue weighted by Crippen LogP contribution is -2.36. The Labute approximate surface area is 139 Å². The number of rotatable bonds is 5. The number of allylic oxidation sites excluding steroid dienone is 2. The van der Waals surface area contributed by atoms with Crippen molar-refractivity contribution in [2.45, 2.75) is 13.3 Å². The lowest BCUT2D eigenvalue weighted by molar-refractivity contribution is -0.146. The summed E-state index contributed by atoms with van der Waals surface area (Å²) in [5, 5.41) is 14.9. The molecule has 2 bridgehead atoms. The van der Waals surface area contributed by atoms with E-state index in [0.29, 0.717) is 24.2 Å². The standard InChI is InChI=1S/C18H20N2O4/c1-2-19-16(21)12-4-3-5-13(9-12)20-17(22)14-10-6-7-11(8-10)15(14)18(23)24/h3-7,9-11,14-15H,2,8H2,1H3,(H,19,21)(H,20,22)(H,23,24)/t10-,11-,14+,15-/m0/s1. The van der Waals surface area contributed by atoms with E-state index in [1.54, 1.807) is 24.3 Å². The highest BCUT2D eigenvalue weighted by molar-refractivity contribution is 5.99. The molecule has 1 aromatic carbocycles. The molecule has 0 unspecified atom stereocenters. The highest BCUT2D eigenvalue weighted by Gasteiger charge is 2.51. The third-order valence-electron chi connectivity index (χ3n) is 4.78. The van der Waals surface area contributed by atoms with Crippen molar-refractivity contribution in [3.05, 3.63) is 42.0 Å². The lowest BCUT2D eigenvalue weighted by Gasteiger charge is -2.23. The van der Waals surface area contributed by atoms with E-state index in [1.165, 1.54) is 0 Å². The summed E-state index contributed by atoms with van der Waals surface area (Å²) in [4.78, 5) is 36.0. The first-order valence-electron chi connectivity index (χ1n) is 8.11. The molecule has 0 radical (unpaired) electrons. The van der Waals surface area contributed by atoms with Crippen LogP contribution in [0.1, 0.15) is 23.7 Å². The Hall–Kier alpha value is -2.63. The van der Waals surface area contributed by atoms with Crippen molar-refractivity contribution < 1.29 is 19.5 Å². The predicted octanol–water partition coefficient (Wildman–Crippen LogP) is 1.90. The van der Waals surface area contributed by atoms with Crippen LogP contribution in [0.15, 0.2) is 36.4 Å². The van der Waals surface area contributed by atoms with Gasteiger partial charge in [0.15, 0.2) is 0 Å². The first kappa shape index (κ1) is 16.2. The minimum Gasteiger partial charge on any atom is -0.481 e. The number of hydrogen-bond donors (Lipinski definition) is 3. The van der Waals surface area contributed by atoms with Gasteiger partial charge in [-0.3, -0.25) is 14.4 Å². The van der Waals surface area contributed by atoms with Gasteiger partial charge in [0.25, 0.3) is 5.91 Å². The molecule has 0 spiro atoms. The van der Waals surface area contributed by atoms with Crippen LogP contribution in [0.3, 0.4) is 0 Å². The van der Waals surface area contributed by atoms with E-state index in [-0.39, 0.29) is 23.7 Å². The molecule has 0 aliphatic heterocycles. The van der Waals surface area contributed by atoms with Crippen LogP contribution in [0.4, 0.5) is 5.69 Å². The van der Waals surface area contributed by atoms with Gasteiger partial charge in [0.2, 0.25) is 5.91 Å². The molecular formula is C18H20N2O4. The number of carbonyl (C=O) groups is 3. The number of amides is 2. The van der Waals surface area contributed by atoms with Crippen molar-refractivity contribution in [2.24, 2.45) is 23.7 Å². The molecule has 4 atom stereocenters. The van der Waals surface area contributed by atoms with E-state index in [4.69, 9.17) is 0 Å². The van der Waals surface area contributed by atoms with Crippen LogP contribution in [-0.4, -0.2) is 29.4 Å². The average Bonchev–Trinajstić information content (AvgIpc) is 3.16. The Morgan fingerprint density at radius 2 is 1.88 bits per heavy atom. The minimum atomic E-state index is -0.928. The molecule has 0 aromatic heterocycles. The van der Waals surface area contributed by atoms with E-state index in [0.717, 1.165) is 0 Å². The van der Waals surface area contributed by atoms with Gasteiger partial charge in [-0.1, -0.05) is 18.2 Å². The topological polar surface area (TPSA) is 95.5 Å². The first-order chi connectivity index (χ1) is 11.5. The number of aliphatic carboxylic acids is 1. The molecule has 6 heteroatoms. The van der Waals surface area contributed by atoms with Gasteiger partial charge >= 0.3 is 5.97 Å². The predicted molar refractivity (Wildman–Crippen MR) is 88.4 cm³/mol. The summed E-state index contributed by atoms with van der Waals surface area (Å²) in [5.41, 5.74) is 0.955. The fourth-order valence-electron chi connectivity index (χ4n) is 3.74. The molecule has 6 nitrogen and oxygen atoms in total. The maximum atomic E-state index is 12.6. The molecule has 24 heavy (non-hydrogen) atoms. The summed E-state index contributed by atoms with van der Waals surface area (Å²) in [5.74, 6) is -2.76. The van der Waals surface area contributed by atoms with Gasteiger partial charge < -0.3 is 15.7 Å². The van der Waals surface area contributed by atoms with E-state index in [2.05, 4.69) is 10.6 Å². The summed E-state index contributed by atoms with van der Waals surface area (Å²) in [6.45, 7) is 2.35. The zero-order valence-corrected chi connectivity index (χ0v) is 13.4. The first-order valence-corrected chi connectivity index (χ1v) is 8.11. The molecule has 2 amide bonds. The van der Waals surface area contributed by atoms with Crippen molar-refractivity contribution >= 4 is 23.5 Å². The second-order valence-electron chi connectivity index (χ2n) is 6.27. The van der Waals surface area contributed by atoms with Crippen molar-refractivity contribution in [3.63, 3.8) is 0 Å². The highest BCUT2D eigenvalue weighted by atomic mass is 16.4. The van der Waals surface area contributed by atoms with Gasteiger partial charge in [0, 0.05) is 17.8 Å². The quantitative estimate of drug-likeness (QED) is 0.719. The van der Waals surface area contributed by atoms with E-state index >= 15 is 0 Å². The number of anilines is 1. The van der Waals surface area contributed by atoms with Crippen LogP contribution in [0, 0.1) is 23.7 Å². The molecular weight excluding hydrogens is 308 g/mol. The zero-order chi connectivity index (χ0) is 17.3. The number of carboxylic acid groups (broad SMARTS) is 1. The average molecular weight is 328 g/mol. The third-order valence-corrected chi connectivity index (χ3v) is 4.78. The monoisotopic (exact) mass is 328 g/mol. The number of carbonyl (C=O) groups excluding carboxylic acids is 2. The van der Waals surface area contributed by atoms with Gasteiger partial charge in [-0.2, -0.15) is 0 Å². The van der Waals surface area contributed by atoms with E-state index < -0.39 is 17.8 Å². The van der Waals surface area contributed by atoms with Gasteiger partial charge in [0.05, 0.1) is 11.8 Å². The number of nitrogens with one attached hydrogen (secondary N) is 2. The number of carboxylic acids is 1. The third kappa shape index (κ3) is 2.91. The summed E-state index contributed by atoms with van der Waals surface area (Å²) < 4.78 is 0. The summed E-state index contributed by atoms with van der Waals surface area (Å²) in [7, 11) is 0. The van der Waals surface area contributed by atoms with Gasteiger partial charge in [0.1, 0.15) is 0 Å². The molecule has 126 valence electrons. The van der Waals surface area contributed by atoms with Crippen LogP contribution >= 0.6 is 0 Å². The van der Waals surface area contributed by atoms with Crippen LogP contribution in [0.2, 0.25) is 0 Å². The van der Waals surface area contributed by atoms with Crippen LogP contribution in [0.25, 0.3) is 0 Å². The Morgan fingerprint density at radius 3 is 2.54 bits per heavy atom. The van der Waals surface area contributed by atoms with Crippen LogP contribution < -0.4 is 10.6 Å². The zero-order valence-electron chi connectivity index (χ0n) is 13.4. The second kappa shape index (κ2) is 6.47. The van der Waals surface area contributed by atoms with Crippen molar-refractivity contribution in [3.8, 4) is 0 Å². The summed E-state index contributed by atoms with van der Waals surface area (Å²) in [6.07, 6.45) is 4.57. The van der Waals surface area contributed by atoms with Crippen molar-refractivity contribution in [2.75, 3.05) is 11.9 Å². The van der Waals surface area contributed by atoms with Crippen molar-refractivity contribution in [1.29, 1.82) is 0 Å². The lowest BCUT2D eigenvalue weighted by atomic mass is 9.82. The van der Waals surface area contributed by atoms with Crippen LogP contribution in [0.5, 0.6) is 0 Å².